The molecule has 1 aliphatic heterocycles. The van der Waals surface area contributed by atoms with Gasteiger partial charge in [-0.15, -0.1) is 11.3 Å². The molecule has 1 N–H and O–H groups in total. The van der Waals surface area contributed by atoms with Gasteiger partial charge in [-0.2, -0.15) is 13.2 Å². The molecule has 1 atom stereocenters. The largest absolute Gasteiger partial charge is 0.416 e. The third-order valence-electron chi connectivity index (χ3n) is 4.52. The fraction of sp³-hybridized carbons (Fsp3) is 0.150. The third-order valence-corrected chi connectivity index (χ3v) is 5.61. The normalized spacial score (nSPS) is 16.9. The van der Waals surface area contributed by atoms with Gasteiger partial charge in [0.1, 0.15) is 0 Å². The van der Waals surface area contributed by atoms with Gasteiger partial charge in [0, 0.05) is 28.2 Å². The first-order valence-electron chi connectivity index (χ1n) is 8.08. The van der Waals surface area contributed by atoms with Crippen molar-refractivity contribution in [3.05, 3.63) is 76.0 Å². The van der Waals surface area contributed by atoms with E-state index < -0.39 is 17.7 Å². The first-order chi connectivity index (χ1) is 12.4. The topological polar surface area (TPSA) is 29.1 Å². The summed E-state index contributed by atoms with van der Waals surface area (Å²) >= 11 is 1.39. The fourth-order valence-electron chi connectivity index (χ4n) is 3.37. The molecule has 1 aliphatic rings. The molecular weight excluding hydrogens is 359 g/mol. The molecule has 1 aromatic heterocycles. The Balaban J connectivity index is 1.86. The van der Waals surface area contributed by atoms with Crippen LogP contribution >= 0.6 is 11.3 Å². The molecule has 0 spiro atoms. The Morgan fingerprint density at radius 3 is 2.42 bits per heavy atom. The first kappa shape index (κ1) is 16.8. The van der Waals surface area contributed by atoms with Crippen LogP contribution in [0, 0.1) is 0 Å². The van der Waals surface area contributed by atoms with Gasteiger partial charge in [-0.05, 0) is 17.2 Å². The zero-order chi connectivity index (χ0) is 18.3. The molecule has 26 heavy (non-hydrogen) atoms. The molecular formula is C20H14F3NOS. The van der Waals surface area contributed by atoms with Crippen LogP contribution < -0.4 is 5.32 Å². The highest BCUT2D eigenvalue weighted by atomic mass is 32.1. The molecule has 0 saturated heterocycles. The van der Waals surface area contributed by atoms with E-state index in [2.05, 4.69) is 5.32 Å². The maximum Gasteiger partial charge on any atom is 0.416 e. The van der Waals surface area contributed by atoms with E-state index in [1.165, 1.54) is 23.5 Å². The van der Waals surface area contributed by atoms with Gasteiger partial charge >= 0.3 is 6.18 Å². The Bertz CT molecular complexity index is 963. The van der Waals surface area contributed by atoms with Crippen molar-refractivity contribution in [3.8, 4) is 11.1 Å². The number of hydrogen-bond donors (Lipinski definition) is 1. The molecule has 1 amide bonds. The van der Waals surface area contributed by atoms with Gasteiger partial charge in [-0.3, -0.25) is 4.79 Å². The predicted octanol–water partition coefficient (Wildman–Crippen LogP) is 5.91. The highest BCUT2D eigenvalue weighted by Crippen LogP contribution is 2.48. The zero-order valence-corrected chi connectivity index (χ0v) is 14.3. The van der Waals surface area contributed by atoms with Crippen LogP contribution in [0.2, 0.25) is 0 Å². The lowest BCUT2D eigenvalue weighted by atomic mass is 9.86. The van der Waals surface area contributed by atoms with E-state index in [0.717, 1.165) is 22.1 Å². The molecule has 2 nitrogen and oxygen atoms in total. The van der Waals surface area contributed by atoms with Crippen molar-refractivity contribution in [3.63, 3.8) is 0 Å². The molecule has 6 heteroatoms. The molecule has 0 radical (unpaired) electrons. The quantitative estimate of drug-likeness (QED) is 0.595. The number of anilines is 1. The number of carbonyl (C=O) groups is 1. The van der Waals surface area contributed by atoms with Crippen LogP contribution in [0.15, 0.2) is 60.0 Å². The average molecular weight is 373 g/mol. The van der Waals surface area contributed by atoms with E-state index in [-0.39, 0.29) is 17.9 Å². The van der Waals surface area contributed by atoms with E-state index in [0.29, 0.717) is 5.69 Å². The summed E-state index contributed by atoms with van der Waals surface area (Å²) in [4.78, 5) is 13.0. The summed E-state index contributed by atoms with van der Waals surface area (Å²) in [5, 5.41) is 4.75. The van der Waals surface area contributed by atoms with Crippen LogP contribution in [0.25, 0.3) is 11.1 Å². The Morgan fingerprint density at radius 2 is 1.69 bits per heavy atom. The van der Waals surface area contributed by atoms with Crippen molar-refractivity contribution in [2.75, 3.05) is 5.32 Å². The van der Waals surface area contributed by atoms with Crippen LogP contribution in [-0.4, -0.2) is 5.91 Å². The summed E-state index contributed by atoms with van der Waals surface area (Å²) < 4.78 is 40.3. The minimum atomic E-state index is -4.45. The molecule has 2 aromatic carbocycles. The molecule has 2 heterocycles. The Hall–Kier alpha value is -2.60. The number of thiophene rings is 1. The standard InChI is InChI=1S/C20H14F3NOS/c21-20(22,23)16-9-5-4-8-13(16)14-10-17(25)24-18-15(11-26-19(14)18)12-6-2-1-3-7-12/h1-9,11,14H,10H2,(H,24,25)/t14-/m1/s1. The number of nitrogens with one attached hydrogen (secondary N) is 1. The molecule has 0 saturated carbocycles. The lowest BCUT2D eigenvalue weighted by Crippen LogP contribution is -2.24. The second-order valence-electron chi connectivity index (χ2n) is 6.14. The fourth-order valence-corrected chi connectivity index (χ4v) is 4.52. The summed E-state index contributed by atoms with van der Waals surface area (Å²) in [6.45, 7) is 0. The van der Waals surface area contributed by atoms with Gasteiger partial charge in [0.2, 0.25) is 5.91 Å². The van der Waals surface area contributed by atoms with Gasteiger partial charge in [0.25, 0.3) is 0 Å². The molecule has 3 aromatic rings. The minimum absolute atomic E-state index is 0.00877. The smallest absolute Gasteiger partial charge is 0.325 e. The number of halogens is 3. The minimum Gasteiger partial charge on any atom is -0.325 e. The number of amides is 1. The van der Waals surface area contributed by atoms with Crippen molar-refractivity contribution in [2.24, 2.45) is 0 Å². The molecule has 0 bridgehead atoms. The number of rotatable bonds is 2. The molecule has 0 aliphatic carbocycles. The SMILES string of the molecule is O=C1C[C@H](c2ccccc2C(F)(F)F)c2scc(-c3ccccc3)c2N1. The second-order valence-corrected chi connectivity index (χ2v) is 7.06. The van der Waals surface area contributed by atoms with E-state index >= 15 is 0 Å². The summed E-state index contributed by atoms with van der Waals surface area (Å²) in [6.07, 6.45) is -4.45. The lowest BCUT2D eigenvalue weighted by molar-refractivity contribution is -0.138. The van der Waals surface area contributed by atoms with Gasteiger partial charge in [0.05, 0.1) is 11.3 Å². The van der Waals surface area contributed by atoms with Gasteiger partial charge in [-0.1, -0.05) is 48.5 Å². The monoisotopic (exact) mass is 373 g/mol. The van der Waals surface area contributed by atoms with Gasteiger partial charge in [-0.25, -0.2) is 0 Å². The van der Waals surface area contributed by atoms with E-state index in [9.17, 15) is 18.0 Å². The Labute approximate surface area is 152 Å². The van der Waals surface area contributed by atoms with Crippen LogP contribution in [0.1, 0.15) is 28.3 Å². The Kier molecular flexibility index (Phi) is 4.07. The van der Waals surface area contributed by atoms with Crippen molar-refractivity contribution in [2.45, 2.75) is 18.5 Å². The van der Waals surface area contributed by atoms with E-state index in [1.807, 2.05) is 35.7 Å². The molecule has 0 fully saturated rings. The summed E-state index contributed by atoms with van der Waals surface area (Å²) in [5.74, 6) is -0.867. The van der Waals surface area contributed by atoms with Gasteiger partial charge < -0.3 is 5.32 Å². The summed E-state index contributed by atoms with van der Waals surface area (Å²) in [6, 6.07) is 15.0. The van der Waals surface area contributed by atoms with Crippen LogP contribution in [0.3, 0.4) is 0 Å². The van der Waals surface area contributed by atoms with Crippen LogP contribution in [-0.2, 0) is 11.0 Å². The number of carbonyl (C=O) groups excluding carboxylic acids is 1. The van der Waals surface area contributed by atoms with E-state index in [1.54, 1.807) is 6.07 Å². The van der Waals surface area contributed by atoms with Crippen LogP contribution in [0.4, 0.5) is 18.9 Å². The van der Waals surface area contributed by atoms with Gasteiger partial charge in [0.15, 0.2) is 0 Å². The first-order valence-corrected chi connectivity index (χ1v) is 8.96. The number of alkyl halides is 3. The maximum atomic E-state index is 13.4. The highest BCUT2D eigenvalue weighted by molar-refractivity contribution is 7.11. The highest BCUT2D eigenvalue weighted by Gasteiger charge is 2.38. The molecule has 4 rings (SSSR count). The van der Waals surface area contributed by atoms with Crippen LogP contribution in [0.5, 0.6) is 0 Å². The number of benzene rings is 2. The molecule has 132 valence electrons. The van der Waals surface area contributed by atoms with Crippen molar-refractivity contribution < 1.29 is 18.0 Å². The number of fused-ring (bicyclic) bond motifs is 1. The van der Waals surface area contributed by atoms with Crippen molar-refractivity contribution in [1.82, 2.24) is 0 Å². The maximum absolute atomic E-state index is 13.4. The number of hydrogen-bond acceptors (Lipinski definition) is 2. The Morgan fingerprint density at radius 1 is 1.00 bits per heavy atom. The molecule has 0 unspecified atom stereocenters. The average Bonchev–Trinajstić information content (AvgIpc) is 3.05. The zero-order valence-electron chi connectivity index (χ0n) is 13.5. The van der Waals surface area contributed by atoms with Crippen molar-refractivity contribution in [1.29, 1.82) is 0 Å². The van der Waals surface area contributed by atoms with E-state index in [4.69, 9.17) is 0 Å². The predicted molar refractivity (Wildman–Crippen MR) is 96.3 cm³/mol. The van der Waals surface area contributed by atoms with Crippen molar-refractivity contribution >= 4 is 22.9 Å². The third kappa shape index (κ3) is 2.90. The summed E-state index contributed by atoms with van der Waals surface area (Å²) in [5.41, 5.74) is 1.86. The second kappa shape index (κ2) is 6.29. The lowest BCUT2D eigenvalue weighted by Gasteiger charge is -2.26. The summed E-state index contributed by atoms with van der Waals surface area (Å²) in [7, 11) is 0.